The van der Waals surface area contributed by atoms with Gasteiger partial charge in [-0.15, -0.1) is 4.74 Å². The molecule has 0 saturated heterocycles. The summed E-state index contributed by atoms with van der Waals surface area (Å²) >= 11 is 0. The zero-order valence-electron chi connectivity index (χ0n) is 16.6. The molecule has 2 N–H and O–H groups in total. The predicted octanol–water partition coefficient (Wildman–Crippen LogP) is 4.48. The van der Waals surface area contributed by atoms with Gasteiger partial charge >= 0.3 is 0 Å². The molecule has 3 aromatic carbocycles. The van der Waals surface area contributed by atoms with Crippen molar-refractivity contribution < 1.29 is 14.2 Å². The topological polar surface area (TPSA) is 114 Å². The Hall–Kier alpha value is -4.33. The van der Waals surface area contributed by atoms with Crippen LogP contribution in [0.2, 0.25) is 0 Å². The average molecular weight is 417 g/mol. The third-order valence-corrected chi connectivity index (χ3v) is 4.74. The highest BCUT2D eigenvalue weighted by Crippen LogP contribution is 2.29. The molecule has 0 radical (unpaired) electrons. The first kappa shape index (κ1) is 20.0. The van der Waals surface area contributed by atoms with Gasteiger partial charge in [0.05, 0.1) is 4.92 Å². The molecule has 1 aromatic heterocycles. The van der Waals surface area contributed by atoms with Crippen molar-refractivity contribution >= 4 is 11.4 Å². The summed E-state index contributed by atoms with van der Waals surface area (Å²) in [5.74, 6) is 0.817. The molecule has 4 rings (SSSR count). The molecule has 0 aliphatic rings. The highest BCUT2D eigenvalue weighted by Gasteiger charge is 2.25. The molecule has 0 saturated carbocycles. The fourth-order valence-corrected chi connectivity index (χ4v) is 3.18. The summed E-state index contributed by atoms with van der Waals surface area (Å²) in [7, 11) is 0. The number of benzene rings is 3. The lowest BCUT2D eigenvalue weighted by atomic mass is 10.1. The average Bonchev–Trinajstić information content (AvgIpc) is 3.10. The highest BCUT2D eigenvalue weighted by atomic mass is 16.6. The maximum Gasteiger partial charge on any atom is 0.296 e. The Kier molecular flexibility index (Phi) is 5.28. The smallest absolute Gasteiger partial charge is 0.296 e. The molecule has 1 heterocycles. The van der Waals surface area contributed by atoms with E-state index < -0.39 is 10.5 Å². The van der Waals surface area contributed by atoms with Crippen LogP contribution in [0.4, 0.5) is 11.4 Å². The fraction of sp³-hybridized carbons (Fsp3) is 0.0870. The van der Waals surface area contributed by atoms with Gasteiger partial charge in [-0.1, -0.05) is 36.4 Å². The zero-order valence-corrected chi connectivity index (χ0v) is 16.6. The minimum Gasteiger partial charge on any atom is -0.489 e. The maximum absolute atomic E-state index is 13.2. The molecule has 0 unspecified atom stereocenters. The van der Waals surface area contributed by atoms with E-state index in [1.807, 2.05) is 18.2 Å². The monoisotopic (exact) mass is 417 g/mol. The van der Waals surface area contributed by atoms with Gasteiger partial charge in [0.15, 0.2) is 11.4 Å². The largest absolute Gasteiger partial charge is 0.489 e. The minimum absolute atomic E-state index is 0.0523. The summed E-state index contributed by atoms with van der Waals surface area (Å²) < 4.78 is 12.6. The Morgan fingerprint density at radius 1 is 1.06 bits per heavy atom. The molecular formula is C23H19N3O5. The Balaban J connectivity index is 1.83. The number of nitrogen functional groups attached to an aromatic ring is 1. The second kappa shape index (κ2) is 8.19. The van der Waals surface area contributed by atoms with Crippen LogP contribution in [0.5, 0.6) is 5.75 Å². The van der Waals surface area contributed by atoms with Crippen LogP contribution in [0.25, 0.3) is 17.0 Å². The summed E-state index contributed by atoms with van der Waals surface area (Å²) in [5, 5.41) is 11.6. The van der Waals surface area contributed by atoms with Gasteiger partial charge in [0.25, 0.3) is 11.2 Å². The number of nitro groups is 1. The number of nitrogens with two attached hydrogens (primary N) is 1. The summed E-state index contributed by atoms with van der Waals surface area (Å²) in [6.07, 6.45) is 0. The Bertz CT molecular complexity index is 1290. The lowest BCUT2D eigenvalue weighted by molar-refractivity contribution is -0.384. The third-order valence-electron chi connectivity index (χ3n) is 4.74. The first-order valence-electron chi connectivity index (χ1n) is 9.48. The molecule has 0 amide bonds. The van der Waals surface area contributed by atoms with Crippen molar-refractivity contribution in [2.24, 2.45) is 0 Å². The number of nitrogens with zero attached hydrogens (tertiary/aromatic N) is 2. The molecule has 156 valence electrons. The van der Waals surface area contributed by atoms with Gasteiger partial charge in [-0.2, -0.15) is 0 Å². The van der Waals surface area contributed by atoms with Crippen LogP contribution >= 0.6 is 0 Å². The van der Waals surface area contributed by atoms with E-state index in [1.165, 1.54) is 12.1 Å². The van der Waals surface area contributed by atoms with Gasteiger partial charge < -0.3 is 15.0 Å². The number of hydrogen-bond donors (Lipinski definition) is 1. The lowest BCUT2D eigenvalue weighted by Gasteiger charge is -2.05. The van der Waals surface area contributed by atoms with E-state index in [4.69, 9.17) is 15.0 Å². The van der Waals surface area contributed by atoms with E-state index in [0.29, 0.717) is 22.6 Å². The number of rotatable bonds is 6. The van der Waals surface area contributed by atoms with E-state index in [0.717, 1.165) is 4.74 Å². The van der Waals surface area contributed by atoms with Crippen molar-refractivity contribution in [2.45, 2.75) is 13.5 Å². The van der Waals surface area contributed by atoms with Crippen LogP contribution in [-0.2, 0) is 6.61 Å². The second-order valence-electron chi connectivity index (χ2n) is 6.97. The minimum atomic E-state index is -0.538. The summed E-state index contributed by atoms with van der Waals surface area (Å²) in [4.78, 5) is 24.3. The van der Waals surface area contributed by atoms with Crippen LogP contribution < -0.4 is 16.0 Å². The van der Waals surface area contributed by atoms with Crippen molar-refractivity contribution in [3.05, 3.63) is 104 Å². The second-order valence-corrected chi connectivity index (χ2v) is 6.97. The summed E-state index contributed by atoms with van der Waals surface area (Å²) in [5.41, 5.74) is 7.20. The van der Waals surface area contributed by atoms with Crippen LogP contribution in [0.1, 0.15) is 11.1 Å². The Morgan fingerprint density at radius 3 is 2.45 bits per heavy atom. The molecule has 0 spiro atoms. The van der Waals surface area contributed by atoms with Crippen LogP contribution in [0.15, 0.2) is 82.1 Å². The molecule has 0 atom stereocenters. The van der Waals surface area contributed by atoms with Crippen molar-refractivity contribution in [1.29, 1.82) is 0 Å². The number of ether oxygens (including phenoxy) is 1. The molecule has 31 heavy (non-hydrogen) atoms. The van der Waals surface area contributed by atoms with E-state index in [2.05, 4.69) is 0 Å². The van der Waals surface area contributed by atoms with Gasteiger partial charge in [0, 0.05) is 17.3 Å². The normalized spacial score (nSPS) is 10.7. The summed E-state index contributed by atoms with van der Waals surface area (Å²) in [6.45, 7) is 1.66. The first-order valence-corrected chi connectivity index (χ1v) is 9.48. The highest BCUT2D eigenvalue weighted by molar-refractivity contribution is 5.62. The van der Waals surface area contributed by atoms with Gasteiger partial charge in [-0.3, -0.25) is 14.9 Å². The number of aryl methyl sites for hydroxylation is 1. The van der Waals surface area contributed by atoms with Crippen LogP contribution in [0.3, 0.4) is 0 Å². The van der Waals surface area contributed by atoms with Gasteiger partial charge in [0.1, 0.15) is 17.9 Å². The van der Waals surface area contributed by atoms with E-state index in [9.17, 15) is 14.9 Å². The predicted molar refractivity (Wildman–Crippen MR) is 116 cm³/mol. The summed E-state index contributed by atoms with van der Waals surface area (Å²) in [6, 6.07) is 20.4. The number of aromatic nitrogens is 1. The van der Waals surface area contributed by atoms with Crippen LogP contribution in [0, 0.1) is 17.0 Å². The first-order chi connectivity index (χ1) is 14.9. The maximum atomic E-state index is 13.2. The number of hydrogen-bond acceptors (Lipinski definition) is 6. The Morgan fingerprint density at radius 2 is 1.77 bits per heavy atom. The molecule has 0 aliphatic carbocycles. The lowest BCUT2D eigenvalue weighted by Crippen LogP contribution is -2.18. The van der Waals surface area contributed by atoms with Crippen molar-refractivity contribution in [3.8, 4) is 22.8 Å². The molecule has 4 aromatic rings. The fourth-order valence-electron chi connectivity index (χ4n) is 3.18. The molecule has 0 fully saturated rings. The molecular weight excluding hydrogens is 398 g/mol. The molecule has 8 heteroatoms. The molecule has 8 nitrogen and oxygen atoms in total. The van der Waals surface area contributed by atoms with E-state index in [-0.39, 0.29) is 29.3 Å². The van der Waals surface area contributed by atoms with Crippen molar-refractivity contribution in [3.63, 3.8) is 0 Å². The van der Waals surface area contributed by atoms with Crippen LogP contribution in [-0.4, -0.2) is 9.66 Å². The number of nitro benzene ring substituents is 1. The zero-order chi connectivity index (χ0) is 22.0. The third kappa shape index (κ3) is 4.04. The molecule has 0 bridgehead atoms. The van der Waals surface area contributed by atoms with Crippen molar-refractivity contribution in [1.82, 2.24) is 4.74 Å². The standard InChI is InChI=1S/C23H19N3O5/c1-15-7-12-20(21(13-15)26(28)29)25-23(27)19(14-30-18-10-8-17(24)9-11-18)22(31-25)16-5-3-2-4-6-16/h2-13H,14,24H2,1H3. The molecule has 0 aliphatic heterocycles. The number of anilines is 1. The van der Waals surface area contributed by atoms with E-state index >= 15 is 0 Å². The quantitative estimate of drug-likeness (QED) is 0.281. The van der Waals surface area contributed by atoms with E-state index in [1.54, 1.807) is 49.4 Å². The van der Waals surface area contributed by atoms with Gasteiger partial charge in [-0.25, -0.2) is 0 Å². The van der Waals surface area contributed by atoms with Gasteiger partial charge in [-0.05, 0) is 42.8 Å². The SMILES string of the molecule is Cc1ccc(-n2oc(-c3ccccc3)c(COc3ccc(N)cc3)c2=O)c([N+](=O)[O-])c1. The van der Waals surface area contributed by atoms with Gasteiger partial charge in [0.2, 0.25) is 0 Å². The van der Waals surface area contributed by atoms with Crippen molar-refractivity contribution in [2.75, 3.05) is 5.73 Å². The Labute approximate surface area is 177 Å².